The SMILES string of the molecule is CNC/C=C(/Oc1ccccc1)c1ccc2c(c1)OCO2. The molecule has 0 aliphatic carbocycles. The number of fused-ring (bicyclic) bond motifs is 1. The molecule has 2 aromatic rings. The van der Waals surface area contributed by atoms with Crippen LogP contribution in [0.15, 0.2) is 54.6 Å². The van der Waals surface area contributed by atoms with E-state index in [0.29, 0.717) is 0 Å². The van der Waals surface area contributed by atoms with Crippen LogP contribution in [0, 0.1) is 0 Å². The first-order chi connectivity index (χ1) is 10.4. The van der Waals surface area contributed by atoms with Gasteiger partial charge in [0.05, 0.1) is 0 Å². The molecule has 3 rings (SSSR count). The zero-order valence-electron chi connectivity index (χ0n) is 11.8. The van der Waals surface area contributed by atoms with Crippen molar-refractivity contribution in [2.75, 3.05) is 20.4 Å². The maximum absolute atomic E-state index is 5.99. The molecule has 0 saturated carbocycles. The smallest absolute Gasteiger partial charge is 0.231 e. The molecule has 108 valence electrons. The Morgan fingerprint density at radius 3 is 2.76 bits per heavy atom. The molecule has 0 atom stereocenters. The number of nitrogens with one attached hydrogen (secondary N) is 1. The van der Waals surface area contributed by atoms with Gasteiger partial charge in [-0.15, -0.1) is 0 Å². The first-order valence-electron chi connectivity index (χ1n) is 6.84. The molecule has 1 aliphatic rings. The van der Waals surface area contributed by atoms with Crippen LogP contribution in [-0.2, 0) is 0 Å². The van der Waals surface area contributed by atoms with Crippen LogP contribution in [0.25, 0.3) is 5.76 Å². The highest BCUT2D eigenvalue weighted by atomic mass is 16.7. The summed E-state index contributed by atoms with van der Waals surface area (Å²) >= 11 is 0. The minimum Gasteiger partial charge on any atom is -0.457 e. The van der Waals surface area contributed by atoms with Gasteiger partial charge in [0.15, 0.2) is 11.5 Å². The topological polar surface area (TPSA) is 39.7 Å². The van der Waals surface area contributed by atoms with Gasteiger partial charge in [-0.25, -0.2) is 0 Å². The molecule has 0 amide bonds. The van der Waals surface area contributed by atoms with E-state index in [1.807, 2.05) is 61.7 Å². The van der Waals surface area contributed by atoms with Crippen molar-refractivity contribution in [2.45, 2.75) is 0 Å². The number of benzene rings is 2. The molecular weight excluding hydrogens is 266 g/mol. The number of rotatable bonds is 5. The number of para-hydroxylation sites is 1. The van der Waals surface area contributed by atoms with Gasteiger partial charge in [0.25, 0.3) is 0 Å². The summed E-state index contributed by atoms with van der Waals surface area (Å²) in [6, 6.07) is 15.5. The van der Waals surface area contributed by atoms with Gasteiger partial charge in [-0.05, 0) is 43.5 Å². The monoisotopic (exact) mass is 283 g/mol. The van der Waals surface area contributed by atoms with E-state index in [-0.39, 0.29) is 6.79 Å². The van der Waals surface area contributed by atoms with Crippen molar-refractivity contribution in [3.05, 3.63) is 60.2 Å². The fraction of sp³-hybridized carbons (Fsp3) is 0.176. The lowest BCUT2D eigenvalue weighted by atomic mass is 10.1. The zero-order chi connectivity index (χ0) is 14.5. The third-order valence-corrected chi connectivity index (χ3v) is 3.12. The number of hydrogen-bond donors (Lipinski definition) is 1. The summed E-state index contributed by atoms with van der Waals surface area (Å²) in [6.07, 6.45) is 2.00. The van der Waals surface area contributed by atoms with Crippen molar-refractivity contribution >= 4 is 5.76 Å². The van der Waals surface area contributed by atoms with Crippen molar-refractivity contribution in [1.82, 2.24) is 5.32 Å². The highest BCUT2D eigenvalue weighted by Crippen LogP contribution is 2.34. The Morgan fingerprint density at radius 1 is 1.14 bits per heavy atom. The largest absolute Gasteiger partial charge is 0.457 e. The van der Waals surface area contributed by atoms with Crippen molar-refractivity contribution < 1.29 is 14.2 Å². The third-order valence-electron chi connectivity index (χ3n) is 3.12. The Morgan fingerprint density at radius 2 is 1.95 bits per heavy atom. The minimum atomic E-state index is 0.272. The second-order valence-electron chi connectivity index (χ2n) is 4.61. The van der Waals surface area contributed by atoms with E-state index in [1.54, 1.807) is 0 Å². The van der Waals surface area contributed by atoms with Crippen molar-refractivity contribution in [1.29, 1.82) is 0 Å². The lowest BCUT2D eigenvalue weighted by Crippen LogP contribution is -2.07. The summed E-state index contributed by atoms with van der Waals surface area (Å²) in [6.45, 7) is 0.991. The molecule has 4 heteroatoms. The summed E-state index contributed by atoms with van der Waals surface area (Å²) in [5, 5.41) is 3.09. The Bertz CT molecular complexity index is 638. The van der Waals surface area contributed by atoms with Gasteiger partial charge in [-0.3, -0.25) is 0 Å². The molecule has 1 N–H and O–H groups in total. The average Bonchev–Trinajstić information content (AvgIpc) is 3.00. The summed E-state index contributed by atoms with van der Waals surface area (Å²) < 4.78 is 16.7. The molecule has 2 aromatic carbocycles. The molecule has 0 fully saturated rings. The van der Waals surface area contributed by atoms with Gasteiger partial charge in [0.2, 0.25) is 6.79 Å². The molecule has 1 heterocycles. The Hall–Kier alpha value is -2.46. The van der Waals surface area contributed by atoms with E-state index in [0.717, 1.165) is 35.1 Å². The Kier molecular flexibility index (Phi) is 4.07. The quantitative estimate of drug-likeness (QED) is 0.856. The second-order valence-corrected chi connectivity index (χ2v) is 4.61. The summed E-state index contributed by atoms with van der Waals surface area (Å²) in [5.74, 6) is 3.11. The highest BCUT2D eigenvalue weighted by molar-refractivity contribution is 5.65. The molecule has 0 saturated heterocycles. The number of ether oxygens (including phenoxy) is 3. The normalized spacial score (nSPS) is 13.3. The molecule has 4 nitrogen and oxygen atoms in total. The van der Waals surface area contributed by atoms with Gasteiger partial charge in [-0.2, -0.15) is 0 Å². The predicted octanol–water partition coefficient (Wildman–Crippen LogP) is 3.05. The molecule has 21 heavy (non-hydrogen) atoms. The predicted molar refractivity (Wildman–Crippen MR) is 81.5 cm³/mol. The second kappa shape index (κ2) is 6.33. The van der Waals surface area contributed by atoms with Crippen LogP contribution in [0.3, 0.4) is 0 Å². The van der Waals surface area contributed by atoms with Crippen LogP contribution in [0.1, 0.15) is 5.56 Å². The van der Waals surface area contributed by atoms with E-state index >= 15 is 0 Å². The summed E-state index contributed by atoms with van der Waals surface area (Å²) in [5.41, 5.74) is 0.957. The average molecular weight is 283 g/mol. The van der Waals surface area contributed by atoms with Gasteiger partial charge in [0, 0.05) is 12.1 Å². The number of hydrogen-bond acceptors (Lipinski definition) is 4. The first-order valence-corrected chi connectivity index (χ1v) is 6.84. The van der Waals surface area contributed by atoms with E-state index < -0.39 is 0 Å². The maximum atomic E-state index is 5.99. The molecular formula is C17H17NO3. The van der Waals surface area contributed by atoms with Gasteiger partial charge >= 0.3 is 0 Å². The molecule has 0 aromatic heterocycles. The third kappa shape index (κ3) is 3.17. The Balaban J connectivity index is 1.89. The minimum absolute atomic E-state index is 0.272. The van der Waals surface area contributed by atoms with Crippen molar-refractivity contribution in [2.24, 2.45) is 0 Å². The molecule has 0 radical (unpaired) electrons. The molecule has 0 bridgehead atoms. The van der Waals surface area contributed by atoms with Crippen LogP contribution < -0.4 is 19.5 Å². The van der Waals surface area contributed by atoms with Crippen LogP contribution in [0.4, 0.5) is 0 Å². The van der Waals surface area contributed by atoms with E-state index in [9.17, 15) is 0 Å². The van der Waals surface area contributed by atoms with Gasteiger partial charge in [0.1, 0.15) is 11.5 Å². The standard InChI is InChI=1S/C17H17NO3/c1-18-10-9-15(21-14-5-3-2-4-6-14)13-7-8-16-17(11-13)20-12-19-16/h2-9,11,18H,10,12H2,1H3/b15-9+. The molecule has 0 unspecified atom stereocenters. The molecule has 1 aliphatic heterocycles. The summed E-state index contributed by atoms with van der Waals surface area (Å²) in [4.78, 5) is 0. The summed E-state index contributed by atoms with van der Waals surface area (Å²) in [7, 11) is 1.90. The van der Waals surface area contributed by atoms with Crippen LogP contribution in [0.5, 0.6) is 17.2 Å². The zero-order valence-corrected chi connectivity index (χ0v) is 11.8. The highest BCUT2D eigenvalue weighted by Gasteiger charge is 2.15. The maximum Gasteiger partial charge on any atom is 0.231 e. The van der Waals surface area contributed by atoms with E-state index in [1.165, 1.54) is 0 Å². The molecule has 0 spiro atoms. The van der Waals surface area contributed by atoms with Crippen molar-refractivity contribution in [3.8, 4) is 17.2 Å². The first kappa shape index (κ1) is 13.5. The Labute approximate surface area is 124 Å². The van der Waals surface area contributed by atoms with Crippen LogP contribution in [-0.4, -0.2) is 20.4 Å². The van der Waals surface area contributed by atoms with Crippen molar-refractivity contribution in [3.63, 3.8) is 0 Å². The fourth-order valence-corrected chi connectivity index (χ4v) is 2.08. The number of likely N-dealkylation sites (N-methyl/N-ethyl adjacent to an activating group) is 1. The lowest BCUT2D eigenvalue weighted by Gasteiger charge is -2.11. The van der Waals surface area contributed by atoms with Crippen LogP contribution in [0.2, 0.25) is 0 Å². The van der Waals surface area contributed by atoms with Gasteiger partial charge in [-0.1, -0.05) is 18.2 Å². The van der Waals surface area contributed by atoms with Gasteiger partial charge < -0.3 is 19.5 Å². The van der Waals surface area contributed by atoms with E-state index in [2.05, 4.69) is 5.32 Å². The fourth-order valence-electron chi connectivity index (χ4n) is 2.08. The lowest BCUT2D eigenvalue weighted by molar-refractivity contribution is 0.174. The van der Waals surface area contributed by atoms with E-state index in [4.69, 9.17) is 14.2 Å². The van der Waals surface area contributed by atoms with Crippen LogP contribution >= 0.6 is 0 Å².